The van der Waals surface area contributed by atoms with Gasteiger partial charge in [0.25, 0.3) is 0 Å². The number of hydrogen-bond acceptors (Lipinski definition) is 9. The van der Waals surface area contributed by atoms with E-state index in [2.05, 4.69) is 19.8 Å². The fraction of sp³-hybridized carbons (Fsp3) is 0.115. The van der Waals surface area contributed by atoms with E-state index in [-0.39, 0.29) is 17.6 Å². The van der Waals surface area contributed by atoms with E-state index in [9.17, 15) is 14.7 Å². The minimum absolute atomic E-state index is 0.0397. The van der Waals surface area contributed by atoms with E-state index >= 15 is 0 Å². The number of rotatable bonds is 9. The first-order valence-electron chi connectivity index (χ1n) is 11.0. The van der Waals surface area contributed by atoms with Gasteiger partial charge in [0.15, 0.2) is 11.5 Å². The molecule has 0 spiro atoms. The first-order chi connectivity index (χ1) is 17.5. The number of ether oxygens (including phenoxy) is 1. The predicted octanol–water partition coefficient (Wildman–Crippen LogP) is 3.57. The number of carboxylic acid groups (broad SMARTS) is 1. The molecule has 1 N–H and O–H groups in total. The Hall–Kier alpha value is -4.57. The van der Waals surface area contributed by atoms with Gasteiger partial charge >= 0.3 is 6.09 Å². The van der Waals surface area contributed by atoms with Crippen molar-refractivity contribution in [3.63, 3.8) is 0 Å². The highest BCUT2D eigenvalue weighted by Gasteiger charge is 2.40. The largest absolute Gasteiger partial charge is 0.543 e. The van der Waals surface area contributed by atoms with Crippen LogP contribution in [0.15, 0.2) is 96.2 Å². The van der Waals surface area contributed by atoms with Crippen LogP contribution in [-0.4, -0.2) is 33.7 Å². The summed E-state index contributed by atoms with van der Waals surface area (Å²) in [5, 5.41) is 18.5. The fourth-order valence-electron chi connectivity index (χ4n) is 3.59. The van der Waals surface area contributed by atoms with Gasteiger partial charge in [-0.05, 0) is 6.92 Å². The number of nitrogens with one attached hydrogen (secondary N) is 1. The molecule has 10 heteroatoms. The third-order valence-corrected chi connectivity index (χ3v) is 5.76. The molecule has 0 atom stereocenters. The van der Waals surface area contributed by atoms with Crippen molar-refractivity contribution >= 4 is 34.4 Å². The molecule has 4 aromatic rings. The fourth-order valence-corrected chi connectivity index (χ4v) is 4.14. The average molecular weight is 502 g/mol. The van der Waals surface area contributed by atoms with Crippen LogP contribution in [0.1, 0.15) is 29.4 Å². The first kappa shape index (κ1) is 24.6. The molecular formula is C26H21N4O5S-. The van der Waals surface area contributed by atoms with Crippen molar-refractivity contribution in [2.45, 2.75) is 12.5 Å². The normalized spacial score (nSPS) is 11.5. The van der Waals surface area contributed by atoms with Crippen LogP contribution in [-0.2, 0) is 20.0 Å². The summed E-state index contributed by atoms with van der Waals surface area (Å²) in [6, 6.07) is 28.0. The van der Waals surface area contributed by atoms with Gasteiger partial charge in [0, 0.05) is 28.2 Å². The molecule has 0 saturated heterocycles. The maximum atomic E-state index is 12.1. The highest BCUT2D eigenvalue weighted by atomic mass is 32.1. The molecule has 182 valence electrons. The molecule has 0 aliphatic carbocycles. The summed E-state index contributed by atoms with van der Waals surface area (Å²) >= 11 is 0.771. The number of aromatic nitrogens is 2. The summed E-state index contributed by atoms with van der Waals surface area (Å²) in [6.07, 6.45) is -0.736. The van der Waals surface area contributed by atoms with Gasteiger partial charge in [-0.1, -0.05) is 96.2 Å². The smallest absolute Gasteiger partial charge is 0.413 e. The second-order valence-electron chi connectivity index (χ2n) is 7.37. The minimum Gasteiger partial charge on any atom is -0.543 e. The standard InChI is InChI=1S/C26H22N4O5S/c1-2-34-25(33)28-24-27-22(30-36-24)21(23(31)32)29-35-26(18-12-6-3-7-13-18,19-14-8-4-9-15-19)20-16-10-5-11-17-20/h3-17H,2H2,1H3,(H,31,32)(H,27,28,30,33)/p-1/b29-21-. The summed E-state index contributed by atoms with van der Waals surface area (Å²) in [5.41, 5.74) is 0.238. The van der Waals surface area contributed by atoms with Gasteiger partial charge in [-0.15, -0.1) is 0 Å². The zero-order chi connectivity index (χ0) is 25.4. The molecule has 0 radical (unpaired) electrons. The van der Waals surface area contributed by atoms with Gasteiger partial charge in [0.1, 0.15) is 0 Å². The van der Waals surface area contributed by atoms with Gasteiger partial charge in [0.05, 0.1) is 12.6 Å². The molecule has 0 aliphatic heterocycles. The molecule has 1 amide bonds. The number of anilines is 1. The number of nitrogens with zero attached hydrogens (tertiary/aromatic N) is 3. The van der Waals surface area contributed by atoms with E-state index < -0.39 is 23.4 Å². The highest BCUT2D eigenvalue weighted by molar-refractivity contribution is 7.10. The van der Waals surface area contributed by atoms with Crippen molar-refractivity contribution in [3.8, 4) is 0 Å². The number of hydrogen-bond donors (Lipinski definition) is 1. The molecule has 9 nitrogen and oxygen atoms in total. The van der Waals surface area contributed by atoms with Crippen LogP contribution in [0, 0.1) is 0 Å². The second-order valence-corrected chi connectivity index (χ2v) is 8.12. The lowest BCUT2D eigenvalue weighted by molar-refractivity contribution is -0.294. The van der Waals surface area contributed by atoms with Crippen LogP contribution in [0.3, 0.4) is 0 Å². The monoisotopic (exact) mass is 501 g/mol. The Balaban J connectivity index is 1.82. The Morgan fingerprint density at radius 2 is 1.42 bits per heavy atom. The molecule has 1 heterocycles. The third-order valence-electron chi connectivity index (χ3n) is 5.13. The molecule has 1 aromatic heterocycles. The summed E-state index contributed by atoms with van der Waals surface area (Å²) < 4.78 is 8.81. The number of aliphatic carboxylic acids is 1. The molecular weight excluding hydrogens is 480 g/mol. The summed E-state index contributed by atoms with van der Waals surface area (Å²) in [6.45, 7) is 1.82. The number of oxime groups is 1. The lowest BCUT2D eigenvalue weighted by atomic mass is 9.80. The van der Waals surface area contributed by atoms with Crippen LogP contribution in [0.25, 0.3) is 0 Å². The number of carboxylic acids is 1. The van der Waals surface area contributed by atoms with Gasteiger partial charge in [0.2, 0.25) is 10.7 Å². The lowest BCUT2D eigenvalue weighted by Crippen LogP contribution is -2.36. The third kappa shape index (κ3) is 5.23. The topological polar surface area (TPSA) is 126 Å². The van der Waals surface area contributed by atoms with E-state index in [1.165, 1.54) is 0 Å². The minimum atomic E-state index is -1.64. The zero-order valence-corrected chi connectivity index (χ0v) is 20.0. The Morgan fingerprint density at radius 1 is 0.917 bits per heavy atom. The highest BCUT2D eigenvalue weighted by Crippen LogP contribution is 2.40. The second kappa shape index (κ2) is 11.2. The maximum absolute atomic E-state index is 12.1. The number of benzene rings is 3. The van der Waals surface area contributed by atoms with Crippen molar-refractivity contribution in [2.75, 3.05) is 11.9 Å². The van der Waals surface area contributed by atoms with Crippen LogP contribution in [0.2, 0.25) is 0 Å². The van der Waals surface area contributed by atoms with Crippen LogP contribution in [0.5, 0.6) is 0 Å². The van der Waals surface area contributed by atoms with Gasteiger partial charge in [-0.25, -0.2) is 4.79 Å². The molecule has 3 aromatic carbocycles. The first-order valence-corrected chi connectivity index (χ1v) is 11.7. The Bertz CT molecular complexity index is 1250. The maximum Gasteiger partial charge on any atom is 0.413 e. The van der Waals surface area contributed by atoms with Crippen molar-refractivity contribution in [1.29, 1.82) is 0 Å². The number of carbonyl (C=O) groups is 2. The summed E-state index contributed by atoms with van der Waals surface area (Å²) in [5.74, 6) is -1.91. The summed E-state index contributed by atoms with van der Waals surface area (Å²) in [4.78, 5) is 33.9. The van der Waals surface area contributed by atoms with E-state index in [0.717, 1.165) is 28.2 Å². The molecule has 0 aliphatic rings. The van der Waals surface area contributed by atoms with Crippen molar-refractivity contribution < 1.29 is 24.3 Å². The Labute approximate surface area is 211 Å². The lowest BCUT2D eigenvalue weighted by Gasteiger charge is -2.33. The van der Waals surface area contributed by atoms with Gasteiger partial charge in [-0.2, -0.15) is 9.36 Å². The Morgan fingerprint density at radius 3 is 1.86 bits per heavy atom. The van der Waals surface area contributed by atoms with E-state index in [1.807, 2.05) is 91.0 Å². The van der Waals surface area contributed by atoms with E-state index in [1.54, 1.807) is 6.92 Å². The molecule has 4 rings (SSSR count). The SMILES string of the molecule is CCOC(=O)Nc1nc(/C(=N/OC(c2ccccc2)(c2ccccc2)c2ccccc2)C(=O)[O-])ns1. The molecule has 0 fully saturated rings. The Kier molecular flexibility index (Phi) is 7.66. The van der Waals surface area contributed by atoms with E-state index in [0.29, 0.717) is 0 Å². The predicted molar refractivity (Wildman–Crippen MR) is 132 cm³/mol. The van der Waals surface area contributed by atoms with Crippen LogP contribution >= 0.6 is 11.5 Å². The van der Waals surface area contributed by atoms with Crippen molar-refractivity contribution in [1.82, 2.24) is 9.36 Å². The molecule has 0 saturated carbocycles. The van der Waals surface area contributed by atoms with Gasteiger partial charge in [-0.3, -0.25) is 5.32 Å². The quantitative estimate of drug-likeness (QED) is 0.211. The van der Waals surface area contributed by atoms with Gasteiger partial charge < -0.3 is 19.5 Å². The average Bonchev–Trinajstić information content (AvgIpc) is 3.36. The van der Waals surface area contributed by atoms with E-state index in [4.69, 9.17) is 9.57 Å². The van der Waals surface area contributed by atoms with Crippen LogP contribution < -0.4 is 10.4 Å². The van der Waals surface area contributed by atoms with Crippen molar-refractivity contribution in [3.05, 3.63) is 114 Å². The van der Waals surface area contributed by atoms with Crippen LogP contribution in [0.4, 0.5) is 9.93 Å². The zero-order valence-electron chi connectivity index (χ0n) is 19.2. The number of amides is 1. The number of carbonyl (C=O) groups excluding carboxylic acids is 2. The summed E-state index contributed by atoms with van der Waals surface area (Å²) in [7, 11) is 0. The molecule has 0 bridgehead atoms. The van der Waals surface area contributed by atoms with Crippen molar-refractivity contribution in [2.24, 2.45) is 5.16 Å². The molecule has 0 unspecified atom stereocenters. The molecule has 36 heavy (non-hydrogen) atoms.